The minimum absolute atomic E-state index is 0. The van der Waals surface area contributed by atoms with Crippen molar-refractivity contribution in [2.45, 2.75) is 20.0 Å². The topological polar surface area (TPSA) is 23.1 Å². The van der Waals surface area contributed by atoms with E-state index in [9.17, 15) is 5.11 Å². The zero-order valence-corrected chi connectivity index (χ0v) is 12.9. The summed E-state index contributed by atoms with van der Waals surface area (Å²) in [6.45, 7) is 3.22. The molecule has 0 rings (SSSR count). The minimum Gasteiger partial charge on any atom is 4.00 e. The maximum atomic E-state index is 9.53. The average molecular weight is 367 g/mol. The van der Waals surface area contributed by atoms with Crippen LogP contribution in [0.5, 0.6) is 0 Å². The second-order valence-corrected chi connectivity index (χ2v) is 26.9. The molecule has 7 heteroatoms. The molecule has 0 heterocycles. The molecule has 0 bridgehead atoms. The SMILES string of the molecule is CC(C)[O-].[Cl][Sn]([Cl])([Cl])[Cl].[Ti+4]. The summed E-state index contributed by atoms with van der Waals surface area (Å²) >= 11 is -3.29. The second kappa shape index (κ2) is 9.72. The van der Waals surface area contributed by atoms with Gasteiger partial charge in [-0.1, -0.05) is 13.8 Å². The van der Waals surface area contributed by atoms with Gasteiger partial charge in [0.25, 0.3) is 0 Å². The van der Waals surface area contributed by atoms with Gasteiger partial charge in [-0.15, -0.1) is 6.10 Å². The normalized spacial score (nSPS) is 9.60. The molecule has 0 aromatic rings. The van der Waals surface area contributed by atoms with Crippen molar-refractivity contribution in [3.05, 3.63) is 0 Å². The zero-order valence-electron chi connectivity index (χ0n) is 5.50. The van der Waals surface area contributed by atoms with Crippen molar-refractivity contribution in [1.29, 1.82) is 0 Å². The van der Waals surface area contributed by atoms with Gasteiger partial charge in [-0.25, -0.2) is 0 Å². The van der Waals surface area contributed by atoms with E-state index in [2.05, 4.69) is 0 Å². The van der Waals surface area contributed by atoms with Crippen molar-refractivity contribution in [1.82, 2.24) is 0 Å². The summed E-state index contributed by atoms with van der Waals surface area (Å²) in [5, 5.41) is 9.53. The third-order valence-corrected chi connectivity index (χ3v) is 0. The molecular weight excluding hydrogens is 360 g/mol. The number of hydrogen-bond acceptors (Lipinski definition) is 1. The first-order valence-electron chi connectivity index (χ1n) is 2.15. The molecule has 0 saturated carbocycles. The van der Waals surface area contributed by atoms with Crippen molar-refractivity contribution in [2.75, 3.05) is 0 Å². The van der Waals surface area contributed by atoms with Crippen LogP contribution in [-0.2, 0) is 21.7 Å². The van der Waals surface area contributed by atoms with E-state index in [1.165, 1.54) is 0 Å². The Morgan fingerprint density at radius 1 is 1.10 bits per heavy atom. The number of hydrogen-bond donors (Lipinski definition) is 0. The molecule has 0 aliphatic heterocycles. The Labute approximate surface area is 95.0 Å². The zero-order chi connectivity index (χ0) is 8.08. The van der Waals surface area contributed by atoms with Gasteiger partial charge in [0, 0.05) is 0 Å². The van der Waals surface area contributed by atoms with Gasteiger partial charge in [0.1, 0.15) is 0 Å². The average Bonchev–Trinajstić information content (AvgIpc) is 1.19. The van der Waals surface area contributed by atoms with Crippen molar-refractivity contribution in [3.63, 3.8) is 0 Å². The van der Waals surface area contributed by atoms with Gasteiger partial charge in [-0.05, 0) is 0 Å². The van der Waals surface area contributed by atoms with E-state index in [-0.39, 0.29) is 21.7 Å². The monoisotopic (exact) mass is 367 g/mol. The first-order chi connectivity index (χ1) is 3.73. The summed E-state index contributed by atoms with van der Waals surface area (Å²) in [4.78, 5) is 0. The second-order valence-electron chi connectivity index (χ2n) is 1.48. The van der Waals surface area contributed by atoms with Crippen molar-refractivity contribution in [3.8, 4) is 0 Å². The Morgan fingerprint density at radius 3 is 1.10 bits per heavy atom. The Balaban J connectivity index is -0.0000000910. The van der Waals surface area contributed by atoms with Gasteiger partial charge in [0.15, 0.2) is 0 Å². The molecule has 0 aliphatic rings. The molecule has 10 heavy (non-hydrogen) atoms. The van der Waals surface area contributed by atoms with Gasteiger partial charge < -0.3 is 5.11 Å². The molecule has 0 radical (unpaired) electrons. The Morgan fingerprint density at radius 2 is 1.10 bits per heavy atom. The van der Waals surface area contributed by atoms with E-state index in [1.807, 2.05) is 0 Å². The first kappa shape index (κ1) is 18.4. The molecule has 0 aromatic heterocycles. The third-order valence-electron chi connectivity index (χ3n) is 0. The Hall–Kier alpha value is 2.63. The van der Waals surface area contributed by atoms with E-state index in [0.29, 0.717) is 0 Å². The summed E-state index contributed by atoms with van der Waals surface area (Å²) in [6.07, 6.45) is -0.417. The number of halogens is 4. The van der Waals surface area contributed by atoms with Crippen LogP contribution in [0.15, 0.2) is 0 Å². The smallest absolute Gasteiger partial charge is 4.00 e. The van der Waals surface area contributed by atoms with E-state index < -0.39 is 20.0 Å². The Kier molecular flexibility index (Phi) is 17.9. The summed E-state index contributed by atoms with van der Waals surface area (Å²) < 4.78 is 0. The fourth-order valence-corrected chi connectivity index (χ4v) is 0. The van der Waals surface area contributed by atoms with E-state index in [4.69, 9.17) is 35.7 Å². The first-order valence-corrected chi connectivity index (χ1v) is 16.6. The van der Waals surface area contributed by atoms with Crippen molar-refractivity contribution >= 4 is 49.6 Å². The summed E-state index contributed by atoms with van der Waals surface area (Å²) in [6, 6.07) is 0. The van der Waals surface area contributed by atoms with Crippen LogP contribution in [0.4, 0.5) is 0 Å². The van der Waals surface area contributed by atoms with Crippen molar-refractivity contribution in [2.24, 2.45) is 0 Å². The molecule has 1 nitrogen and oxygen atoms in total. The number of rotatable bonds is 0. The third kappa shape index (κ3) is 142. The molecule has 0 aliphatic carbocycles. The van der Waals surface area contributed by atoms with Gasteiger partial charge >= 0.3 is 71.3 Å². The van der Waals surface area contributed by atoms with E-state index in [1.54, 1.807) is 13.8 Å². The van der Waals surface area contributed by atoms with Gasteiger partial charge in [0.05, 0.1) is 0 Å². The predicted octanol–water partition coefficient (Wildman–Crippen LogP) is 2.13. The van der Waals surface area contributed by atoms with E-state index in [0.717, 1.165) is 0 Å². The van der Waals surface area contributed by atoms with Gasteiger partial charge in [-0.2, -0.15) is 0 Å². The van der Waals surface area contributed by atoms with Crippen molar-refractivity contribution < 1.29 is 26.8 Å². The van der Waals surface area contributed by atoms with Crippen LogP contribution < -0.4 is 5.11 Å². The maximum Gasteiger partial charge on any atom is 4.00 e. The molecule has 0 spiro atoms. The summed E-state index contributed by atoms with van der Waals surface area (Å²) in [5.74, 6) is 0. The Bertz CT molecular complexity index is 57.3. The minimum atomic E-state index is -3.29. The van der Waals surface area contributed by atoms with Crippen LogP contribution in [0.1, 0.15) is 13.8 Å². The fourth-order valence-electron chi connectivity index (χ4n) is 0. The molecule has 0 amide bonds. The molecule has 0 fully saturated rings. The van der Waals surface area contributed by atoms with Gasteiger partial charge in [0.2, 0.25) is 0 Å². The molecular formula is C3H7Cl4OSnTi+3. The quantitative estimate of drug-likeness (QED) is 0.602. The van der Waals surface area contributed by atoms with Crippen LogP contribution in [0.2, 0.25) is 0 Å². The summed E-state index contributed by atoms with van der Waals surface area (Å²) in [5.41, 5.74) is 0. The van der Waals surface area contributed by atoms with Crippen LogP contribution in [0, 0.1) is 0 Å². The van der Waals surface area contributed by atoms with E-state index >= 15 is 0 Å². The molecule has 0 unspecified atom stereocenters. The van der Waals surface area contributed by atoms with Crippen LogP contribution in [0.3, 0.4) is 0 Å². The molecule has 0 aromatic carbocycles. The fraction of sp³-hybridized carbons (Fsp3) is 1.00. The molecule has 0 saturated heterocycles. The van der Waals surface area contributed by atoms with Crippen LogP contribution in [-0.4, -0.2) is 20.0 Å². The van der Waals surface area contributed by atoms with Crippen LogP contribution in [0.25, 0.3) is 0 Å². The summed E-state index contributed by atoms with van der Waals surface area (Å²) in [7, 11) is 20.1. The van der Waals surface area contributed by atoms with Gasteiger partial charge in [-0.3, -0.25) is 0 Å². The maximum absolute atomic E-state index is 9.53. The molecule has 58 valence electrons. The van der Waals surface area contributed by atoms with Crippen LogP contribution >= 0.6 is 35.7 Å². The largest absolute Gasteiger partial charge is 4.00 e. The predicted molar refractivity (Wildman–Crippen MR) is 44.3 cm³/mol. The molecule has 0 atom stereocenters. The molecule has 0 N–H and O–H groups in total. The standard InChI is InChI=1S/C3H7O.4ClH.Sn.Ti/c1-3(2)4;;;;;;/h3H,1-2H3;4*1H;;/q-1;;;;;2*+4/p-4.